The molecule has 5 N–H and O–H groups in total. The van der Waals surface area contributed by atoms with E-state index >= 15 is 0 Å². The zero-order valence-electron chi connectivity index (χ0n) is 13.0. The normalized spacial score (nSPS) is 10.4. The number of amides is 1. The number of fused-ring (bicyclic) bond motifs is 1. The minimum absolute atomic E-state index is 0.377. The first-order chi connectivity index (χ1) is 11.6. The van der Waals surface area contributed by atoms with E-state index in [1.54, 1.807) is 18.2 Å². The van der Waals surface area contributed by atoms with Crippen molar-refractivity contribution in [1.82, 2.24) is 0 Å². The van der Waals surface area contributed by atoms with Gasteiger partial charge in [0.25, 0.3) is 0 Å². The van der Waals surface area contributed by atoms with Crippen molar-refractivity contribution in [3.63, 3.8) is 0 Å². The first kappa shape index (κ1) is 15.5. The highest BCUT2D eigenvalue weighted by molar-refractivity contribution is 5.99. The van der Waals surface area contributed by atoms with E-state index in [2.05, 4.69) is 10.6 Å². The number of benzene rings is 3. The topological polar surface area (TPSA) is 96.6 Å². The Labute approximate surface area is 138 Å². The fourth-order valence-corrected chi connectivity index (χ4v) is 2.55. The van der Waals surface area contributed by atoms with Crippen molar-refractivity contribution in [2.75, 3.05) is 23.5 Å². The monoisotopic (exact) mass is 323 g/mol. The number of methoxy groups -OCH3 is 1. The van der Waals surface area contributed by atoms with Crippen molar-refractivity contribution >= 4 is 39.6 Å². The molecule has 0 fully saturated rings. The highest BCUT2D eigenvalue weighted by Gasteiger charge is 2.09. The Morgan fingerprint density at radius 2 is 1.83 bits per heavy atom. The van der Waals surface area contributed by atoms with E-state index in [-0.39, 0.29) is 0 Å². The molecular formula is C18H17N3O3. The van der Waals surface area contributed by atoms with Gasteiger partial charge in [-0.2, -0.15) is 0 Å². The van der Waals surface area contributed by atoms with Gasteiger partial charge in [-0.1, -0.05) is 30.3 Å². The first-order valence-electron chi connectivity index (χ1n) is 7.30. The lowest BCUT2D eigenvalue weighted by atomic mass is 10.1. The van der Waals surface area contributed by atoms with Crippen LogP contribution in [-0.2, 0) is 0 Å². The van der Waals surface area contributed by atoms with Gasteiger partial charge in [0.15, 0.2) is 0 Å². The number of carbonyl (C=O) groups is 1. The van der Waals surface area contributed by atoms with E-state index in [4.69, 9.17) is 15.6 Å². The van der Waals surface area contributed by atoms with Gasteiger partial charge in [-0.05, 0) is 23.6 Å². The standard InChI is InChI=1S/C18H17N3O3/c1-24-16-10-12(7-9-14(16)21-18(22)23)20-15-8-6-11-4-2-3-5-13(11)17(15)19/h2-10,20-21H,19H2,1H3,(H,22,23). The van der Waals surface area contributed by atoms with Gasteiger partial charge in [0.2, 0.25) is 0 Å². The third kappa shape index (κ3) is 3.03. The Kier molecular flexibility index (Phi) is 4.11. The summed E-state index contributed by atoms with van der Waals surface area (Å²) in [4.78, 5) is 10.8. The molecular weight excluding hydrogens is 306 g/mol. The van der Waals surface area contributed by atoms with Crippen LogP contribution in [0.5, 0.6) is 5.75 Å². The highest BCUT2D eigenvalue weighted by atomic mass is 16.5. The third-order valence-electron chi connectivity index (χ3n) is 3.69. The van der Waals surface area contributed by atoms with Crippen LogP contribution < -0.4 is 21.1 Å². The van der Waals surface area contributed by atoms with Gasteiger partial charge >= 0.3 is 6.09 Å². The molecule has 1 amide bonds. The molecule has 0 aliphatic heterocycles. The van der Waals surface area contributed by atoms with Gasteiger partial charge in [-0.15, -0.1) is 0 Å². The Balaban J connectivity index is 1.94. The Hall–Kier alpha value is -3.41. The molecule has 3 aromatic rings. The molecule has 0 atom stereocenters. The van der Waals surface area contributed by atoms with Crippen LogP contribution in [0.4, 0.5) is 27.5 Å². The number of carboxylic acid groups (broad SMARTS) is 1. The van der Waals surface area contributed by atoms with Crippen LogP contribution in [0.2, 0.25) is 0 Å². The summed E-state index contributed by atoms with van der Waals surface area (Å²) >= 11 is 0. The summed E-state index contributed by atoms with van der Waals surface area (Å²) in [5.74, 6) is 0.418. The van der Waals surface area contributed by atoms with Gasteiger partial charge in [-0.3, -0.25) is 5.32 Å². The number of nitrogens with two attached hydrogens (primary N) is 1. The van der Waals surface area contributed by atoms with Gasteiger partial charge < -0.3 is 20.9 Å². The van der Waals surface area contributed by atoms with Crippen LogP contribution in [-0.4, -0.2) is 18.3 Å². The molecule has 122 valence electrons. The van der Waals surface area contributed by atoms with Gasteiger partial charge in [0, 0.05) is 17.1 Å². The average Bonchev–Trinajstić information content (AvgIpc) is 2.58. The molecule has 0 bridgehead atoms. The number of ether oxygens (including phenoxy) is 1. The van der Waals surface area contributed by atoms with Crippen molar-refractivity contribution in [3.8, 4) is 5.75 Å². The lowest BCUT2D eigenvalue weighted by molar-refractivity contribution is 0.209. The summed E-state index contributed by atoms with van der Waals surface area (Å²) in [6.07, 6.45) is -1.15. The average molecular weight is 323 g/mol. The fraction of sp³-hybridized carbons (Fsp3) is 0.0556. The summed E-state index contributed by atoms with van der Waals surface area (Å²) in [7, 11) is 1.48. The highest BCUT2D eigenvalue weighted by Crippen LogP contribution is 2.33. The molecule has 0 aliphatic carbocycles. The largest absolute Gasteiger partial charge is 0.494 e. The zero-order chi connectivity index (χ0) is 17.1. The molecule has 0 saturated carbocycles. The van der Waals surface area contributed by atoms with E-state index in [0.29, 0.717) is 17.1 Å². The second-order valence-corrected chi connectivity index (χ2v) is 5.22. The molecule has 24 heavy (non-hydrogen) atoms. The van der Waals surface area contributed by atoms with E-state index in [0.717, 1.165) is 22.1 Å². The minimum atomic E-state index is -1.15. The molecule has 0 radical (unpaired) electrons. The maximum Gasteiger partial charge on any atom is 0.409 e. The molecule has 6 nitrogen and oxygen atoms in total. The number of hydrogen-bond acceptors (Lipinski definition) is 4. The van der Waals surface area contributed by atoms with Crippen molar-refractivity contribution in [2.45, 2.75) is 0 Å². The second kappa shape index (κ2) is 6.37. The maximum atomic E-state index is 10.8. The van der Waals surface area contributed by atoms with Gasteiger partial charge in [0.1, 0.15) is 5.75 Å². The third-order valence-corrected chi connectivity index (χ3v) is 3.69. The second-order valence-electron chi connectivity index (χ2n) is 5.22. The predicted octanol–water partition coefficient (Wildman–Crippen LogP) is 4.26. The predicted molar refractivity (Wildman–Crippen MR) is 96.3 cm³/mol. The lowest BCUT2D eigenvalue weighted by Gasteiger charge is -2.14. The van der Waals surface area contributed by atoms with Gasteiger partial charge in [-0.25, -0.2) is 4.79 Å². The molecule has 0 aliphatic rings. The summed E-state index contributed by atoms with van der Waals surface area (Å²) < 4.78 is 5.23. The molecule has 0 saturated heterocycles. The Morgan fingerprint density at radius 1 is 1.08 bits per heavy atom. The number of nitrogens with one attached hydrogen (secondary N) is 2. The molecule has 3 aromatic carbocycles. The smallest absolute Gasteiger partial charge is 0.409 e. The van der Waals surface area contributed by atoms with Crippen LogP contribution in [0, 0.1) is 0 Å². The molecule has 0 unspecified atom stereocenters. The van der Waals surface area contributed by atoms with Crippen LogP contribution >= 0.6 is 0 Å². The summed E-state index contributed by atoms with van der Waals surface area (Å²) in [6, 6.07) is 16.9. The Bertz CT molecular complexity index is 909. The Morgan fingerprint density at radius 3 is 2.58 bits per heavy atom. The van der Waals surface area contributed by atoms with Crippen molar-refractivity contribution in [2.24, 2.45) is 0 Å². The number of nitrogen functional groups attached to an aromatic ring is 1. The summed E-state index contributed by atoms with van der Waals surface area (Å²) in [5.41, 5.74) is 8.79. The lowest BCUT2D eigenvalue weighted by Crippen LogP contribution is -2.08. The molecule has 3 rings (SSSR count). The van der Waals surface area contributed by atoms with Gasteiger partial charge in [0.05, 0.1) is 24.2 Å². The van der Waals surface area contributed by atoms with E-state index in [1.807, 2.05) is 36.4 Å². The van der Waals surface area contributed by atoms with Crippen LogP contribution in [0.25, 0.3) is 10.8 Å². The summed E-state index contributed by atoms with van der Waals surface area (Å²) in [6.45, 7) is 0. The maximum absolute atomic E-state index is 10.8. The summed E-state index contributed by atoms with van der Waals surface area (Å²) in [5, 5.41) is 16.4. The molecule has 0 spiro atoms. The SMILES string of the molecule is COc1cc(Nc2ccc3ccccc3c2N)ccc1NC(=O)O. The van der Waals surface area contributed by atoms with E-state index in [9.17, 15) is 4.79 Å². The fourth-order valence-electron chi connectivity index (χ4n) is 2.55. The van der Waals surface area contributed by atoms with E-state index in [1.165, 1.54) is 7.11 Å². The van der Waals surface area contributed by atoms with Crippen molar-refractivity contribution < 1.29 is 14.6 Å². The number of anilines is 4. The molecule has 6 heteroatoms. The molecule has 0 aromatic heterocycles. The van der Waals surface area contributed by atoms with Crippen LogP contribution in [0.1, 0.15) is 0 Å². The quantitative estimate of drug-likeness (QED) is 0.538. The molecule has 0 heterocycles. The van der Waals surface area contributed by atoms with Crippen molar-refractivity contribution in [1.29, 1.82) is 0 Å². The van der Waals surface area contributed by atoms with Crippen LogP contribution in [0.15, 0.2) is 54.6 Å². The van der Waals surface area contributed by atoms with Crippen molar-refractivity contribution in [3.05, 3.63) is 54.6 Å². The zero-order valence-corrected chi connectivity index (χ0v) is 13.0. The van der Waals surface area contributed by atoms with E-state index < -0.39 is 6.09 Å². The number of rotatable bonds is 4. The number of hydrogen-bond donors (Lipinski definition) is 4. The first-order valence-corrected chi connectivity index (χ1v) is 7.30. The van der Waals surface area contributed by atoms with Crippen LogP contribution in [0.3, 0.4) is 0 Å². The minimum Gasteiger partial charge on any atom is -0.494 e.